The predicted molar refractivity (Wildman–Crippen MR) is 83.3 cm³/mol. The number of rotatable bonds is 2. The van der Waals surface area contributed by atoms with Crippen LogP contribution in [0.4, 0.5) is 5.69 Å². The molecule has 0 spiro atoms. The zero-order chi connectivity index (χ0) is 14.7. The Morgan fingerprint density at radius 3 is 2.50 bits per heavy atom. The Morgan fingerprint density at radius 2 is 1.85 bits per heavy atom. The van der Waals surface area contributed by atoms with Gasteiger partial charge in [0.1, 0.15) is 0 Å². The van der Waals surface area contributed by atoms with Gasteiger partial charge in [-0.1, -0.05) is 23.2 Å². The molecule has 0 heterocycles. The third kappa shape index (κ3) is 3.31. The molecule has 0 bridgehead atoms. The van der Waals surface area contributed by atoms with Gasteiger partial charge in [-0.05, 0) is 52.3 Å². The zero-order valence-corrected chi connectivity index (χ0v) is 13.1. The maximum atomic E-state index is 12.1. The van der Waals surface area contributed by atoms with Gasteiger partial charge >= 0.3 is 0 Å². The van der Waals surface area contributed by atoms with E-state index in [4.69, 9.17) is 28.5 Å². The Morgan fingerprint density at radius 1 is 1.15 bits per heavy atom. The molecule has 0 aromatic heterocycles. The molecular weight excluding hydrogens is 363 g/mol. The first-order valence-corrected chi connectivity index (χ1v) is 7.02. The van der Waals surface area contributed by atoms with Crippen LogP contribution in [0.3, 0.4) is 0 Å². The average molecular weight is 370 g/mol. The molecule has 1 amide bonds. The zero-order valence-electron chi connectivity index (χ0n) is 9.95. The number of carbonyl (C=O) groups excluding carboxylic acids is 1. The van der Waals surface area contributed by atoms with E-state index in [1.54, 1.807) is 30.3 Å². The van der Waals surface area contributed by atoms with Crippen molar-refractivity contribution >= 4 is 50.7 Å². The van der Waals surface area contributed by atoms with Gasteiger partial charge in [-0.25, -0.2) is 0 Å². The van der Waals surface area contributed by atoms with Crippen LogP contribution in [-0.4, -0.2) is 5.91 Å². The lowest BCUT2D eigenvalue weighted by Crippen LogP contribution is -2.12. The van der Waals surface area contributed by atoms with Crippen LogP contribution >= 0.6 is 39.1 Å². The minimum absolute atomic E-state index is 0.334. The second-order valence-corrected chi connectivity index (χ2v) is 5.56. The third-order valence-electron chi connectivity index (χ3n) is 2.53. The first kappa shape index (κ1) is 14.9. The van der Waals surface area contributed by atoms with Crippen molar-refractivity contribution in [3.63, 3.8) is 0 Å². The van der Waals surface area contributed by atoms with E-state index in [-0.39, 0.29) is 5.91 Å². The number of carbonyl (C=O) groups is 1. The van der Waals surface area contributed by atoms with Crippen LogP contribution in [0.5, 0.6) is 0 Å². The van der Waals surface area contributed by atoms with Crippen LogP contribution < -0.4 is 5.32 Å². The number of amides is 1. The van der Waals surface area contributed by atoms with Crippen LogP contribution in [0.1, 0.15) is 15.9 Å². The quantitative estimate of drug-likeness (QED) is 0.820. The predicted octanol–water partition coefficient (Wildman–Crippen LogP) is 4.88. The van der Waals surface area contributed by atoms with Crippen LogP contribution in [-0.2, 0) is 0 Å². The monoisotopic (exact) mass is 368 g/mol. The van der Waals surface area contributed by atoms with Gasteiger partial charge in [0.25, 0.3) is 5.91 Å². The van der Waals surface area contributed by atoms with Crippen molar-refractivity contribution in [1.82, 2.24) is 0 Å². The number of nitrogens with zero attached hydrogens (tertiary/aromatic N) is 1. The van der Waals surface area contributed by atoms with E-state index in [0.717, 1.165) is 0 Å². The van der Waals surface area contributed by atoms with Crippen LogP contribution in [0.25, 0.3) is 0 Å². The van der Waals surface area contributed by atoms with Gasteiger partial charge in [0.15, 0.2) is 0 Å². The summed E-state index contributed by atoms with van der Waals surface area (Å²) in [6.45, 7) is 0. The van der Waals surface area contributed by atoms with Crippen molar-refractivity contribution in [2.45, 2.75) is 0 Å². The summed E-state index contributed by atoms with van der Waals surface area (Å²) in [7, 11) is 0. The first-order chi connectivity index (χ1) is 9.51. The highest BCUT2D eigenvalue weighted by atomic mass is 79.9. The number of nitriles is 1. The molecule has 2 aromatic rings. The molecule has 6 heteroatoms. The largest absolute Gasteiger partial charge is 0.321 e. The molecule has 100 valence electrons. The summed E-state index contributed by atoms with van der Waals surface area (Å²) < 4.78 is 0.628. The Balaban J connectivity index is 2.28. The molecule has 2 aromatic carbocycles. The highest BCUT2D eigenvalue weighted by molar-refractivity contribution is 9.10. The summed E-state index contributed by atoms with van der Waals surface area (Å²) in [5.74, 6) is -0.334. The summed E-state index contributed by atoms with van der Waals surface area (Å²) in [4.78, 5) is 12.1. The molecule has 0 radical (unpaired) electrons. The van der Waals surface area contributed by atoms with E-state index in [2.05, 4.69) is 21.2 Å². The summed E-state index contributed by atoms with van der Waals surface area (Å²) >= 11 is 15.1. The number of hydrogen-bond donors (Lipinski definition) is 1. The van der Waals surface area contributed by atoms with Crippen LogP contribution in [0.15, 0.2) is 40.9 Å². The highest BCUT2D eigenvalue weighted by Crippen LogP contribution is 2.26. The lowest BCUT2D eigenvalue weighted by Gasteiger charge is -2.08. The summed E-state index contributed by atoms with van der Waals surface area (Å²) in [5.41, 5.74) is 1.24. The topological polar surface area (TPSA) is 52.9 Å². The summed E-state index contributed by atoms with van der Waals surface area (Å²) in [6, 6.07) is 11.5. The van der Waals surface area contributed by atoms with E-state index >= 15 is 0 Å². The second-order valence-electron chi connectivity index (χ2n) is 3.89. The minimum atomic E-state index is -0.334. The Hall–Kier alpha value is -1.54. The Labute approximate surface area is 134 Å². The van der Waals surface area contributed by atoms with Gasteiger partial charge in [0.05, 0.1) is 27.4 Å². The molecule has 0 aliphatic rings. The lowest BCUT2D eigenvalue weighted by molar-refractivity contribution is 0.102. The normalized spacial score (nSPS) is 9.90. The molecule has 0 fully saturated rings. The Bertz CT molecular complexity index is 726. The van der Waals surface area contributed by atoms with Crippen molar-refractivity contribution < 1.29 is 4.79 Å². The molecule has 20 heavy (non-hydrogen) atoms. The maximum absolute atomic E-state index is 12.1. The molecule has 2 rings (SSSR count). The number of nitrogens with one attached hydrogen (secondary N) is 1. The van der Waals surface area contributed by atoms with Crippen molar-refractivity contribution in [1.29, 1.82) is 5.26 Å². The lowest BCUT2D eigenvalue weighted by atomic mass is 10.2. The van der Waals surface area contributed by atoms with Gasteiger partial charge in [-0.15, -0.1) is 0 Å². The summed E-state index contributed by atoms with van der Waals surface area (Å²) in [6.07, 6.45) is 0. The van der Waals surface area contributed by atoms with Crippen LogP contribution in [0, 0.1) is 11.3 Å². The standard InChI is InChI=1S/C14H7BrCl2N2O/c15-10-6-9(2-4-11(10)16)14(20)19-13-5-8(7-18)1-3-12(13)17/h1-6H,(H,19,20). The number of hydrogen-bond acceptors (Lipinski definition) is 2. The minimum Gasteiger partial charge on any atom is -0.321 e. The molecule has 0 aliphatic carbocycles. The molecule has 0 saturated carbocycles. The van der Waals surface area contributed by atoms with Gasteiger partial charge in [-0.3, -0.25) is 4.79 Å². The van der Waals surface area contributed by atoms with Crippen molar-refractivity contribution in [2.75, 3.05) is 5.32 Å². The van der Waals surface area contributed by atoms with E-state index < -0.39 is 0 Å². The number of anilines is 1. The van der Waals surface area contributed by atoms with Gasteiger partial charge in [0, 0.05) is 10.0 Å². The molecule has 0 unspecified atom stereocenters. The van der Waals surface area contributed by atoms with Gasteiger partial charge < -0.3 is 5.32 Å². The molecule has 0 aliphatic heterocycles. The van der Waals surface area contributed by atoms with Crippen molar-refractivity contribution in [3.8, 4) is 6.07 Å². The fourth-order valence-electron chi connectivity index (χ4n) is 1.52. The van der Waals surface area contributed by atoms with E-state index in [0.29, 0.717) is 31.3 Å². The fraction of sp³-hybridized carbons (Fsp3) is 0. The molecule has 1 N–H and O–H groups in total. The van der Waals surface area contributed by atoms with E-state index in [1.165, 1.54) is 6.07 Å². The summed E-state index contributed by atoms with van der Waals surface area (Å²) in [5, 5.41) is 12.4. The van der Waals surface area contributed by atoms with Crippen molar-refractivity contribution in [3.05, 3.63) is 62.0 Å². The molecule has 3 nitrogen and oxygen atoms in total. The highest BCUT2D eigenvalue weighted by Gasteiger charge is 2.10. The molecule has 0 atom stereocenters. The number of halogens is 3. The third-order valence-corrected chi connectivity index (χ3v) is 4.07. The maximum Gasteiger partial charge on any atom is 0.255 e. The SMILES string of the molecule is N#Cc1ccc(Cl)c(NC(=O)c2ccc(Cl)c(Br)c2)c1. The molecular formula is C14H7BrCl2N2O. The smallest absolute Gasteiger partial charge is 0.255 e. The fourth-order valence-corrected chi connectivity index (χ4v) is 2.18. The van der Waals surface area contributed by atoms with Gasteiger partial charge in [0.2, 0.25) is 0 Å². The molecule has 0 saturated heterocycles. The van der Waals surface area contributed by atoms with Crippen LogP contribution in [0.2, 0.25) is 10.0 Å². The first-order valence-electron chi connectivity index (χ1n) is 5.47. The van der Waals surface area contributed by atoms with E-state index in [9.17, 15) is 4.79 Å². The van der Waals surface area contributed by atoms with Gasteiger partial charge in [-0.2, -0.15) is 5.26 Å². The number of benzene rings is 2. The van der Waals surface area contributed by atoms with E-state index in [1.807, 2.05) is 6.07 Å². The Kier molecular flexibility index (Phi) is 4.66. The second kappa shape index (κ2) is 6.27. The van der Waals surface area contributed by atoms with Crippen molar-refractivity contribution in [2.24, 2.45) is 0 Å². The average Bonchev–Trinajstić information content (AvgIpc) is 2.44.